The predicted molar refractivity (Wildman–Crippen MR) is 34.2 cm³/mol. The molecule has 0 nitrogen and oxygen atoms in total. The van der Waals surface area contributed by atoms with Crippen molar-refractivity contribution in [2.45, 2.75) is 26.5 Å². The summed E-state index contributed by atoms with van der Waals surface area (Å²) in [5, 5.41) is 0. The molecule has 4 heteroatoms. The Morgan fingerprint density at radius 2 is 1.12 bits per heavy atom. The summed E-state index contributed by atoms with van der Waals surface area (Å²) in [5.41, 5.74) is 0. The zero-order chi connectivity index (χ0) is 4.12. The smallest absolute Gasteiger partial charge is 0.108 e. The maximum absolute atomic E-state index is 2.25. The van der Waals surface area contributed by atoms with Gasteiger partial charge in [0.25, 0.3) is 0 Å². The van der Waals surface area contributed by atoms with E-state index in [2.05, 4.69) is 21.1 Å². The highest BCUT2D eigenvalue weighted by Crippen LogP contribution is 1.77. The van der Waals surface area contributed by atoms with Crippen LogP contribution in [0.2, 0.25) is 12.6 Å². The van der Waals surface area contributed by atoms with E-state index in [1.165, 1.54) is 12.6 Å². The molecule has 0 aliphatic carbocycles. The van der Waals surface area contributed by atoms with E-state index in [0.717, 1.165) is 0 Å². The Hall–Kier alpha value is -0.145. The Morgan fingerprint density at radius 3 is 1.12 bits per heavy atom. The van der Waals surface area contributed by atoms with Gasteiger partial charge in [0, 0.05) is 0 Å². The lowest BCUT2D eigenvalue weighted by Gasteiger charge is -1.75. The molecule has 0 aromatic heterocycles. The fraction of sp³-hybridized carbons (Fsp3) is 1.00. The lowest BCUT2D eigenvalue weighted by molar-refractivity contribution is 1.11. The molecular formula is C4H13BF3. The maximum Gasteiger partial charge on any atom is 0.108 e. The topological polar surface area (TPSA) is 0 Å². The summed E-state index contributed by atoms with van der Waals surface area (Å²) in [6.45, 7) is 4.31. The van der Waals surface area contributed by atoms with Gasteiger partial charge in [0.05, 0.1) is 0 Å². The minimum Gasteiger partial charge on any atom is -0.269 e. The monoisotopic (exact) mass is 129 g/mol. The molecule has 0 unspecified atom stereocenters. The Morgan fingerprint density at radius 1 is 0.875 bits per heavy atom. The molecule has 53 valence electrons. The second-order valence-corrected chi connectivity index (χ2v) is 1.11. The van der Waals surface area contributed by atoms with Crippen LogP contribution in [0.15, 0.2) is 0 Å². The summed E-state index contributed by atoms with van der Waals surface area (Å²) in [6.07, 6.45) is 2.44. The van der Waals surface area contributed by atoms with Gasteiger partial charge in [-0.2, -0.15) is 0 Å². The van der Waals surface area contributed by atoms with E-state index in [1.54, 1.807) is 0 Å². The summed E-state index contributed by atoms with van der Waals surface area (Å²) >= 11 is 0. The van der Waals surface area contributed by atoms with Crippen molar-refractivity contribution in [3.63, 3.8) is 0 Å². The van der Waals surface area contributed by atoms with Gasteiger partial charge in [-0.1, -0.05) is 26.5 Å². The first-order chi connectivity index (χ1) is 2.41. The zero-order valence-electron chi connectivity index (χ0n) is 5.22. The van der Waals surface area contributed by atoms with Crippen molar-refractivity contribution in [2.75, 3.05) is 0 Å². The molecule has 0 saturated heterocycles. The molecule has 0 fully saturated rings. The third-order valence-corrected chi connectivity index (χ3v) is 0.577. The van der Waals surface area contributed by atoms with Crippen LogP contribution in [0.25, 0.3) is 0 Å². The summed E-state index contributed by atoms with van der Waals surface area (Å²) < 4.78 is 0. The number of halogens is 3. The van der Waals surface area contributed by atoms with Crippen molar-refractivity contribution in [2.24, 2.45) is 0 Å². The quantitative estimate of drug-likeness (QED) is 0.500. The lowest BCUT2D eigenvalue weighted by atomic mass is 9.73. The zero-order valence-corrected chi connectivity index (χ0v) is 5.22. The maximum atomic E-state index is 2.25. The fourth-order valence-electron chi connectivity index (χ4n) is 0.289. The van der Waals surface area contributed by atoms with Crippen molar-refractivity contribution in [1.29, 1.82) is 0 Å². The normalized spacial score (nSPS) is 4.75. The molecule has 0 aromatic carbocycles. The van der Waals surface area contributed by atoms with Crippen LogP contribution in [0, 0.1) is 0 Å². The van der Waals surface area contributed by atoms with E-state index in [0.29, 0.717) is 0 Å². The molecule has 0 N–H and O–H groups in total. The molecule has 0 amide bonds. The van der Waals surface area contributed by atoms with Gasteiger partial charge in [0.15, 0.2) is 0 Å². The van der Waals surface area contributed by atoms with E-state index in [-0.39, 0.29) is 14.1 Å². The Kier molecular flexibility index (Phi) is 89.5. The number of hydrogen-bond acceptors (Lipinski definition) is 0. The van der Waals surface area contributed by atoms with Crippen LogP contribution in [-0.2, 0) is 0 Å². The second-order valence-electron chi connectivity index (χ2n) is 1.11. The van der Waals surface area contributed by atoms with Gasteiger partial charge in [-0.3, -0.25) is 14.1 Å². The first kappa shape index (κ1) is 24.8. The molecule has 0 bridgehead atoms. The van der Waals surface area contributed by atoms with Crippen LogP contribution in [0.5, 0.6) is 0 Å². The molecule has 1 radical (unpaired) electrons. The molecule has 8 heavy (non-hydrogen) atoms. The van der Waals surface area contributed by atoms with Gasteiger partial charge in [-0.05, 0) is 0 Å². The standard InChI is InChI=1S/C4H10B.3FH/c1-3-5-4-2;;;/h3-4H2,1-2H3;3*1H. The SMILES string of the molecule is CC[B]CC.F.F.F. The van der Waals surface area contributed by atoms with Crippen LogP contribution >= 0.6 is 0 Å². The van der Waals surface area contributed by atoms with E-state index in [9.17, 15) is 0 Å². The van der Waals surface area contributed by atoms with Gasteiger partial charge in [0.1, 0.15) is 7.28 Å². The number of hydrogen-bond donors (Lipinski definition) is 0. The number of rotatable bonds is 2. The van der Waals surface area contributed by atoms with Crippen LogP contribution in [0.3, 0.4) is 0 Å². The fourth-order valence-corrected chi connectivity index (χ4v) is 0.289. The summed E-state index contributed by atoms with van der Waals surface area (Å²) in [6, 6.07) is 0. The van der Waals surface area contributed by atoms with E-state index in [1.807, 2.05) is 0 Å². The highest BCUT2D eigenvalue weighted by molar-refractivity contribution is 6.34. The van der Waals surface area contributed by atoms with Crippen LogP contribution in [0.1, 0.15) is 13.8 Å². The molecule has 0 aliphatic heterocycles. The Labute approximate surface area is 49.0 Å². The van der Waals surface area contributed by atoms with Gasteiger partial charge in [0.2, 0.25) is 0 Å². The molecule has 0 atom stereocenters. The summed E-state index contributed by atoms with van der Waals surface area (Å²) in [5.74, 6) is 0. The van der Waals surface area contributed by atoms with Gasteiger partial charge >= 0.3 is 0 Å². The van der Waals surface area contributed by atoms with E-state index in [4.69, 9.17) is 0 Å². The Bertz CT molecular complexity index is 18.8. The molecular weight excluding hydrogens is 116 g/mol. The molecule has 0 rings (SSSR count). The second kappa shape index (κ2) is 28.8. The average molecular weight is 129 g/mol. The van der Waals surface area contributed by atoms with Crippen molar-refractivity contribution in [3.05, 3.63) is 0 Å². The van der Waals surface area contributed by atoms with Crippen molar-refractivity contribution in [1.82, 2.24) is 0 Å². The Balaban J connectivity index is -0.0000000267. The molecule has 0 aromatic rings. The third-order valence-electron chi connectivity index (χ3n) is 0.577. The van der Waals surface area contributed by atoms with Gasteiger partial charge in [-0.15, -0.1) is 0 Å². The van der Waals surface area contributed by atoms with Gasteiger partial charge in [-0.25, -0.2) is 0 Å². The minimum atomic E-state index is 0. The van der Waals surface area contributed by atoms with Crippen LogP contribution < -0.4 is 0 Å². The third kappa shape index (κ3) is 40.1. The van der Waals surface area contributed by atoms with Gasteiger partial charge < -0.3 is 0 Å². The summed E-state index contributed by atoms with van der Waals surface area (Å²) in [7, 11) is 2.25. The molecule has 0 aliphatic rings. The first-order valence-electron chi connectivity index (χ1n) is 2.23. The summed E-state index contributed by atoms with van der Waals surface area (Å²) in [4.78, 5) is 0. The lowest BCUT2D eigenvalue weighted by Crippen LogP contribution is -1.76. The average Bonchev–Trinajstić information content (AvgIpc) is 1.41. The van der Waals surface area contributed by atoms with Crippen molar-refractivity contribution >= 4 is 7.28 Å². The largest absolute Gasteiger partial charge is 0.269 e. The molecule has 0 spiro atoms. The van der Waals surface area contributed by atoms with Crippen LogP contribution in [0.4, 0.5) is 14.1 Å². The predicted octanol–water partition coefficient (Wildman–Crippen LogP) is 2.02. The van der Waals surface area contributed by atoms with E-state index >= 15 is 0 Å². The molecule has 0 saturated carbocycles. The molecule has 0 heterocycles. The minimum absolute atomic E-state index is 0. The van der Waals surface area contributed by atoms with Crippen LogP contribution in [-0.4, -0.2) is 7.28 Å². The van der Waals surface area contributed by atoms with E-state index < -0.39 is 0 Å². The van der Waals surface area contributed by atoms with Crippen molar-refractivity contribution < 1.29 is 14.1 Å². The first-order valence-corrected chi connectivity index (χ1v) is 2.23. The highest BCUT2D eigenvalue weighted by atomic mass is 19.0. The van der Waals surface area contributed by atoms with Crippen molar-refractivity contribution in [3.8, 4) is 0 Å². The highest BCUT2D eigenvalue weighted by Gasteiger charge is 1.72.